The van der Waals surface area contributed by atoms with Crippen LogP contribution in [-0.2, 0) is 15.0 Å². The lowest BCUT2D eigenvalue weighted by atomic mass is 9.86. The van der Waals surface area contributed by atoms with Gasteiger partial charge in [-0.1, -0.05) is 0 Å². The third-order valence-corrected chi connectivity index (χ3v) is 4.61. The van der Waals surface area contributed by atoms with Crippen molar-refractivity contribution in [3.05, 3.63) is 18.2 Å². The average Bonchev–Trinajstić information content (AvgIpc) is 3.01. The Bertz CT molecular complexity index is 587. The molecule has 3 heterocycles. The number of carbonyl (C=O) groups excluding carboxylic acids is 1. The second-order valence-electron chi connectivity index (χ2n) is 7.77. The second kappa shape index (κ2) is 6.37. The number of nitrogens with one attached hydrogen (secondary N) is 1. The van der Waals surface area contributed by atoms with Gasteiger partial charge in [-0.2, -0.15) is 0 Å². The van der Waals surface area contributed by atoms with Crippen LogP contribution in [0.1, 0.15) is 45.5 Å². The zero-order valence-electron chi connectivity index (χ0n) is 15.0. The van der Waals surface area contributed by atoms with Gasteiger partial charge in [-0.3, -0.25) is 0 Å². The highest BCUT2D eigenvalue weighted by Crippen LogP contribution is 2.44. The van der Waals surface area contributed by atoms with E-state index in [1.807, 2.05) is 33.2 Å². The van der Waals surface area contributed by atoms with Crippen LogP contribution in [0.15, 0.2) is 12.4 Å². The van der Waals surface area contributed by atoms with Gasteiger partial charge in [0.2, 0.25) is 0 Å². The van der Waals surface area contributed by atoms with Crippen molar-refractivity contribution in [1.82, 2.24) is 19.8 Å². The average molecular weight is 336 g/mol. The van der Waals surface area contributed by atoms with Crippen molar-refractivity contribution in [2.24, 2.45) is 0 Å². The molecular weight excluding hydrogens is 308 g/mol. The van der Waals surface area contributed by atoms with Gasteiger partial charge in [0.15, 0.2) is 0 Å². The molecule has 1 amide bonds. The van der Waals surface area contributed by atoms with Crippen LogP contribution < -0.4 is 5.32 Å². The number of amides is 1. The number of likely N-dealkylation sites (tertiary alicyclic amines) is 1. The van der Waals surface area contributed by atoms with Gasteiger partial charge >= 0.3 is 6.09 Å². The normalized spacial score (nSPS) is 21.7. The number of methoxy groups -OCH3 is 1. The fourth-order valence-corrected chi connectivity index (χ4v) is 3.60. The number of nitrogens with zero attached hydrogens (tertiary/aromatic N) is 3. The van der Waals surface area contributed by atoms with Crippen LogP contribution >= 0.6 is 0 Å². The lowest BCUT2D eigenvalue weighted by molar-refractivity contribution is -0.0278. The lowest BCUT2D eigenvalue weighted by Crippen LogP contribution is -2.63. The molecule has 1 aromatic heterocycles. The Kier molecular flexibility index (Phi) is 4.57. The number of fused-ring (bicyclic) bond motifs is 2. The maximum Gasteiger partial charge on any atom is 0.410 e. The minimum absolute atomic E-state index is 0.0400. The molecule has 0 bridgehead atoms. The summed E-state index contributed by atoms with van der Waals surface area (Å²) in [4.78, 5) is 18.5. The fourth-order valence-electron chi connectivity index (χ4n) is 3.60. The zero-order chi connectivity index (χ0) is 17.4. The van der Waals surface area contributed by atoms with E-state index in [0.29, 0.717) is 13.1 Å². The minimum atomic E-state index is -0.457. The van der Waals surface area contributed by atoms with Crippen molar-refractivity contribution in [3.63, 3.8) is 0 Å². The van der Waals surface area contributed by atoms with E-state index in [1.54, 1.807) is 12.0 Å². The SMILES string of the molecule is COCCCNC1CC2(CN(C(=O)OC(C)(C)C)C2)n2ccnc21. The third kappa shape index (κ3) is 3.28. The summed E-state index contributed by atoms with van der Waals surface area (Å²) < 4.78 is 12.8. The van der Waals surface area contributed by atoms with E-state index in [0.717, 1.165) is 31.8 Å². The second-order valence-corrected chi connectivity index (χ2v) is 7.77. The van der Waals surface area contributed by atoms with Crippen molar-refractivity contribution < 1.29 is 14.3 Å². The quantitative estimate of drug-likeness (QED) is 0.832. The van der Waals surface area contributed by atoms with Crippen molar-refractivity contribution in [2.75, 3.05) is 33.4 Å². The third-order valence-electron chi connectivity index (χ3n) is 4.61. The minimum Gasteiger partial charge on any atom is -0.444 e. The molecule has 1 fully saturated rings. The van der Waals surface area contributed by atoms with E-state index in [9.17, 15) is 4.79 Å². The van der Waals surface area contributed by atoms with E-state index in [2.05, 4.69) is 14.9 Å². The Balaban J connectivity index is 1.60. The summed E-state index contributed by atoms with van der Waals surface area (Å²) in [5, 5.41) is 3.57. The van der Waals surface area contributed by atoms with Gasteiger partial charge < -0.3 is 24.3 Å². The molecule has 1 N–H and O–H groups in total. The Morgan fingerprint density at radius 1 is 1.46 bits per heavy atom. The van der Waals surface area contributed by atoms with Gasteiger partial charge in [-0.25, -0.2) is 9.78 Å². The summed E-state index contributed by atoms with van der Waals surface area (Å²) in [6, 6.07) is 0.234. The molecule has 0 saturated carbocycles. The van der Waals surface area contributed by atoms with Crippen LogP contribution in [0.4, 0.5) is 4.79 Å². The Morgan fingerprint density at radius 2 is 2.21 bits per heavy atom. The number of hydrogen-bond donors (Lipinski definition) is 1. The van der Waals surface area contributed by atoms with Gasteiger partial charge in [0.1, 0.15) is 11.4 Å². The van der Waals surface area contributed by atoms with Crippen molar-refractivity contribution >= 4 is 6.09 Å². The maximum atomic E-state index is 12.2. The summed E-state index contributed by atoms with van der Waals surface area (Å²) in [7, 11) is 1.72. The smallest absolute Gasteiger partial charge is 0.410 e. The maximum absolute atomic E-state index is 12.2. The standard InChI is InChI=1S/C17H28N4O3/c1-16(2,3)24-15(22)20-11-17(12-20)10-13(18-6-5-9-23-4)14-19-7-8-21(14)17/h7-8,13,18H,5-6,9-12H2,1-4H3. The van der Waals surface area contributed by atoms with Crippen LogP contribution in [0.3, 0.4) is 0 Å². The summed E-state index contributed by atoms with van der Waals surface area (Å²) in [5.74, 6) is 1.07. The molecular formula is C17H28N4O3. The molecule has 1 atom stereocenters. The topological polar surface area (TPSA) is 68.6 Å². The van der Waals surface area contributed by atoms with E-state index in [4.69, 9.17) is 9.47 Å². The first-order valence-corrected chi connectivity index (χ1v) is 8.59. The fraction of sp³-hybridized carbons (Fsp3) is 0.765. The highest BCUT2D eigenvalue weighted by atomic mass is 16.6. The van der Waals surface area contributed by atoms with E-state index < -0.39 is 5.60 Å². The molecule has 0 aliphatic carbocycles. The predicted octanol–water partition coefficient (Wildman–Crippen LogP) is 1.90. The largest absolute Gasteiger partial charge is 0.444 e. The summed E-state index contributed by atoms with van der Waals surface area (Å²) in [6.45, 7) is 8.70. The molecule has 2 aliphatic heterocycles. The number of imidazole rings is 1. The van der Waals surface area contributed by atoms with E-state index in [-0.39, 0.29) is 17.7 Å². The summed E-state index contributed by atoms with van der Waals surface area (Å²) >= 11 is 0. The van der Waals surface area contributed by atoms with Crippen molar-refractivity contribution in [1.29, 1.82) is 0 Å². The molecule has 1 saturated heterocycles. The Hall–Kier alpha value is -1.60. The first-order chi connectivity index (χ1) is 11.3. The zero-order valence-corrected chi connectivity index (χ0v) is 15.0. The molecule has 1 aromatic rings. The molecule has 7 heteroatoms. The molecule has 7 nitrogen and oxygen atoms in total. The number of aromatic nitrogens is 2. The monoisotopic (exact) mass is 336 g/mol. The predicted molar refractivity (Wildman–Crippen MR) is 89.9 cm³/mol. The van der Waals surface area contributed by atoms with Gasteiger partial charge in [0, 0.05) is 39.2 Å². The summed E-state index contributed by atoms with van der Waals surface area (Å²) in [5.41, 5.74) is -0.497. The molecule has 0 radical (unpaired) electrons. The van der Waals surface area contributed by atoms with Crippen molar-refractivity contribution in [3.8, 4) is 0 Å². The number of rotatable bonds is 5. The molecule has 1 unspecified atom stereocenters. The first kappa shape index (κ1) is 17.2. The lowest BCUT2D eigenvalue weighted by Gasteiger charge is -2.48. The Morgan fingerprint density at radius 3 is 2.88 bits per heavy atom. The van der Waals surface area contributed by atoms with Crippen LogP contribution in [0.2, 0.25) is 0 Å². The van der Waals surface area contributed by atoms with E-state index >= 15 is 0 Å². The Labute approximate surface area is 143 Å². The van der Waals surface area contributed by atoms with Crippen LogP contribution in [0.25, 0.3) is 0 Å². The molecule has 24 heavy (non-hydrogen) atoms. The molecule has 134 valence electrons. The van der Waals surface area contributed by atoms with Crippen LogP contribution in [0.5, 0.6) is 0 Å². The highest BCUT2D eigenvalue weighted by molar-refractivity contribution is 5.69. The molecule has 0 aromatic carbocycles. The molecule has 1 spiro atoms. The van der Waals surface area contributed by atoms with Gasteiger partial charge in [-0.15, -0.1) is 0 Å². The van der Waals surface area contributed by atoms with Gasteiger partial charge in [0.05, 0.1) is 11.6 Å². The molecule has 2 aliphatic rings. The molecule has 3 rings (SSSR count). The number of carbonyl (C=O) groups is 1. The van der Waals surface area contributed by atoms with Crippen molar-refractivity contribution in [2.45, 2.75) is 50.8 Å². The van der Waals surface area contributed by atoms with E-state index in [1.165, 1.54) is 0 Å². The van der Waals surface area contributed by atoms with Gasteiger partial charge in [0.25, 0.3) is 0 Å². The van der Waals surface area contributed by atoms with Crippen LogP contribution in [-0.4, -0.2) is 59.5 Å². The number of ether oxygens (including phenoxy) is 2. The number of hydrogen-bond acceptors (Lipinski definition) is 5. The highest BCUT2D eigenvalue weighted by Gasteiger charge is 2.54. The van der Waals surface area contributed by atoms with Crippen LogP contribution in [0, 0.1) is 0 Å². The summed E-state index contributed by atoms with van der Waals surface area (Å²) in [6.07, 6.45) is 5.58. The first-order valence-electron chi connectivity index (χ1n) is 8.59. The van der Waals surface area contributed by atoms with Gasteiger partial charge in [-0.05, 0) is 40.2 Å².